The molecule has 0 N–H and O–H groups in total. The molecule has 0 aliphatic carbocycles. The molecule has 1 heterocycles. The average Bonchev–Trinajstić information content (AvgIpc) is 3.03. The summed E-state index contributed by atoms with van der Waals surface area (Å²) < 4.78 is 60.6. The van der Waals surface area contributed by atoms with Crippen molar-refractivity contribution in [1.82, 2.24) is 0 Å². The van der Waals surface area contributed by atoms with E-state index in [1.165, 1.54) is 24.3 Å². The summed E-state index contributed by atoms with van der Waals surface area (Å²) in [7, 11) is 0. The van der Waals surface area contributed by atoms with Gasteiger partial charge in [-0.1, -0.05) is 23.7 Å². The Kier molecular flexibility index (Phi) is 3.78. The summed E-state index contributed by atoms with van der Waals surface area (Å²) >= 11 is 5.74. The van der Waals surface area contributed by atoms with Gasteiger partial charge in [-0.2, -0.15) is 0 Å². The van der Waals surface area contributed by atoms with Crippen LogP contribution in [0.5, 0.6) is 0 Å². The molecule has 3 rings (SSSR count). The number of ether oxygens (including phenoxy) is 1. The molecule has 0 radical (unpaired) electrons. The van der Waals surface area contributed by atoms with Crippen molar-refractivity contribution in [2.45, 2.75) is 0 Å². The number of hydrogen-bond donors (Lipinski definition) is 0. The fourth-order valence-corrected chi connectivity index (χ4v) is 2.33. The Hall–Kier alpha value is -2.08. The van der Waals surface area contributed by atoms with Crippen molar-refractivity contribution in [1.29, 1.82) is 0 Å². The second-order valence-electron chi connectivity index (χ2n) is 4.55. The maximum absolute atomic E-state index is 14.2. The molecule has 0 unspecified atom stereocenters. The molecular weight excluding hydrogens is 322 g/mol. The lowest BCUT2D eigenvalue weighted by Gasteiger charge is -2.13. The summed E-state index contributed by atoms with van der Waals surface area (Å²) in [6.07, 6.45) is 0. The highest BCUT2D eigenvalue weighted by Gasteiger charge is 2.30. The molecule has 0 saturated heterocycles. The Labute approximate surface area is 128 Å². The third kappa shape index (κ3) is 2.33. The van der Waals surface area contributed by atoms with Crippen molar-refractivity contribution >= 4 is 17.5 Å². The number of halogens is 5. The first-order chi connectivity index (χ1) is 10.5. The van der Waals surface area contributed by atoms with Gasteiger partial charge in [0.25, 0.3) is 0 Å². The summed E-state index contributed by atoms with van der Waals surface area (Å²) in [5.74, 6) is -7.08. The summed E-state index contributed by atoms with van der Waals surface area (Å²) in [5, 5.41) is 0.364. The third-order valence-corrected chi connectivity index (χ3v) is 3.45. The smallest absolute Gasteiger partial charge is 0.220 e. The van der Waals surface area contributed by atoms with Crippen LogP contribution in [0.15, 0.2) is 29.3 Å². The van der Waals surface area contributed by atoms with Crippen LogP contribution in [0.2, 0.25) is 5.02 Å². The molecule has 0 bridgehead atoms. The highest BCUT2D eigenvalue weighted by molar-refractivity contribution is 6.30. The molecule has 7 heteroatoms. The third-order valence-electron chi connectivity index (χ3n) is 3.20. The first-order valence-corrected chi connectivity index (χ1v) is 6.68. The van der Waals surface area contributed by atoms with E-state index in [0.717, 1.165) is 0 Å². The van der Waals surface area contributed by atoms with Gasteiger partial charge in [0.1, 0.15) is 6.61 Å². The molecule has 1 aliphatic rings. The Morgan fingerprint density at radius 1 is 0.864 bits per heavy atom. The highest BCUT2D eigenvalue weighted by atomic mass is 35.5. The van der Waals surface area contributed by atoms with Gasteiger partial charge in [0.2, 0.25) is 5.90 Å². The summed E-state index contributed by atoms with van der Waals surface area (Å²) in [6, 6.07) is 5.60. The maximum atomic E-state index is 14.2. The number of rotatable bonds is 2. The average molecular weight is 330 g/mol. The van der Waals surface area contributed by atoms with E-state index in [4.69, 9.17) is 16.3 Å². The van der Waals surface area contributed by atoms with Crippen molar-refractivity contribution < 1.29 is 22.3 Å². The molecule has 0 aromatic heterocycles. The fourth-order valence-electron chi connectivity index (χ4n) is 2.21. The van der Waals surface area contributed by atoms with Gasteiger partial charge in [-0.05, 0) is 17.7 Å². The van der Waals surface area contributed by atoms with Crippen LogP contribution in [0.25, 0.3) is 11.1 Å². The zero-order valence-electron chi connectivity index (χ0n) is 11.0. The molecule has 0 atom stereocenters. The highest BCUT2D eigenvalue weighted by Crippen LogP contribution is 2.34. The van der Waals surface area contributed by atoms with Crippen LogP contribution in [0.3, 0.4) is 0 Å². The molecule has 2 aromatic rings. The van der Waals surface area contributed by atoms with Crippen molar-refractivity contribution in [2.24, 2.45) is 4.99 Å². The van der Waals surface area contributed by atoms with Gasteiger partial charge in [-0.3, -0.25) is 0 Å². The van der Waals surface area contributed by atoms with Crippen molar-refractivity contribution in [3.8, 4) is 11.1 Å². The molecule has 1 aliphatic heterocycles. The zero-order chi connectivity index (χ0) is 15.9. The van der Waals surface area contributed by atoms with E-state index < -0.39 is 34.4 Å². The van der Waals surface area contributed by atoms with E-state index >= 15 is 0 Å². The first-order valence-electron chi connectivity index (χ1n) is 6.30. The molecule has 0 spiro atoms. The van der Waals surface area contributed by atoms with Gasteiger partial charge in [-0.15, -0.1) is 0 Å². The Morgan fingerprint density at radius 3 is 2.00 bits per heavy atom. The molecule has 2 aromatic carbocycles. The SMILES string of the molecule is Fc1c(F)c(F)c(-c2ccc(Cl)cc2)c(C2=NCCO2)c1F. The van der Waals surface area contributed by atoms with E-state index in [2.05, 4.69) is 4.99 Å². The van der Waals surface area contributed by atoms with Gasteiger partial charge in [0.15, 0.2) is 23.3 Å². The molecule has 0 saturated carbocycles. The van der Waals surface area contributed by atoms with E-state index in [1.54, 1.807) is 0 Å². The standard InChI is InChI=1S/C15H8ClF4NO/c16-8-3-1-7(2-4-8)9-10(15-21-5-6-22-15)12(18)14(20)13(19)11(9)17/h1-4H,5-6H2. The molecule has 22 heavy (non-hydrogen) atoms. The van der Waals surface area contributed by atoms with Crippen LogP contribution in [-0.2, 0) is 4.74 Å². The fraction of sp³-hybridized carbons (Fsp3) is 0.133. The van der Waals surface area contributed by atoms with Gasteiger partial charge in [0, 0.05) is 10.6 Å². The second-order valence-corrected chi connectivity index (χ2v) is 4.98. The summed E-state index contributed by atoms with van der Waals surface area (Å²) in [6.45, 7) is 0.394. The minimum atomic E-state index is -1.90. The minimum Gasteiger partial charge on any atom is -0.475 e. The van der Waals surface area contributed by atoms with Crippen LogP contribution in [0, 0.1) is 23.3 Å². The lowest BCUT2D eigenvalue weighted by molar-refractivity contribution is 0.344. The monoisotopic (exact) mass is 329 g/mol. The summed E-state index contributed by atoms with van der Waals surface area (Å²) in [5.41, 5.74) is -0.849. The predicted molar refractivity (Wildman–Crippen MR) is 74.1 cm³/mol. The topological polar surface area (TPSA) is 21.6 Å². The molecule has 114 valence electrons. The quantitative estimate of drug-likeness (QED) is 0.456. The van der Waals surface area contributed by atoms with Gasteiger partial charge >= 0.3 is 0 Å². The predicted octanol–water partition coefficient (Wildman–Crippen LogP) is 4.34. The van der Waals surface area contributed by atoms with E-state index in [1.807, 2.05) is 0 Å². The van der Waals surface area contributed by atoms with E-state index in [-0.39, 0.29) is 24.6 Å². The maximum Gasteiger partial charge on any atom is 0.220 e. The van der Waals surface area contributed by atoms with Crippen molar-refractivity contribution in [3.63, 3.8) is 0 Å². The summed E-state index contributed by atoms with van der Waals surface area (Å²) in [4.78, 5) is 3.85. The van der Waals surface area contributed by atoms with Crippen LogP contribution < -0.4 is 0 Å². The van der Waals surface area contributed by atoms with Crippen LogP contribution in [-0.4, -0.2) is 19.0 Å². The van der Waals surface area contributed by atoms with Crippen LogP contribution in [0.1, 0.15) is 5.56 Å². The van der Waals surface area contributed by atoms with Gasteiger partial charge < -0.3 is 4.74 Å². The molecular formula is C15H8ClF4NO. The largest absolute Gasteiger partial charge is 0.475 e. The van der Waals surface area contributed by atoms with E-state index in [9.17, 15) is 17.6 Å². The number of aliphatic imine (C=N–C) groups is 1. The Bertz CT molecular complexity index is 774. The van der Waals surface area contributed by atoms with Crippen molar-refractivity contribution in [3.05, 3.63) is 58.1 Å². The number of benzene rings is 2. The lowest BCUT2D eigenvalue weighted by atomic mass is 9.97. The second kappa shape index (κ2) is 5.61. The molecule has 0 amide bonds. The minimum absolute atomic E-state index is 0.132. The normalized spacial score (nSPS) is 14.0. The first kappa shape index (κ1) is 14.8. The molecule has 2 nitrogen and oxygen atoms in total. The van der Waals surface area contributed by atoms with Gasteiger partial charge in [-0.25, -0.2) is 22.6 Å². The van der Waals surface area contributed by atoms with Gasteiger partial charge in [0.05, 0.1) is 12.1 Å². The molecule has 0 fully saturated rings. The lowest BCUT2D eigenvalue weighted by Crippen LogP contribution is -2.12. The van der Waals surface area contributed by atoms with E-state index in [0.29, 0.717) is 5.02 Å². The Morgan fingerprint density at radius 2 is 1.45 bits per heavy atom. The van der Waals surface area contributed by atoms with Crippen molar-refractivity contribution in [2.75, 3.05) is 13.2 Å². The van der Waals surface area contributed by atoms with Crippen LogP contribution >= 0.6 is 11.6 Å². The zero-order valence-corrected chi connectivity index (χ0v) is 11.7. The van der Waals surface area contributed by atoms with Crippen LogP contribution in [0.4, 0.5) is 17.6 Å². The number of nitrogens with zero attached hydrogens (tertiary/aromatic N) is 1. The Balaban J connectivity index is 2.33. The number of hydrogen-bond acceptors (Lipinski definition) is 2.